The van der Waals surface area contributed by atoms with Gasteiger partial charge in [-0.3, -0.25) is 29.1 Å². The molecule has 0 unspecified atom stereocenters. The number of aromatic amines is 1. The first-order valence-corrected chi connectivity index (χ1v) is 16.3. The molecule has 49 heavy (non-hydrogen) atoms. The van der Waals surface area contributed by atoms with Gasteiger partial charge in [-0.2, -0.15) is 0 Å². The topological polar surface area (TPSA) is 171 Å². The number of aryl methyl sites for hydroxylation is 1. The molecule has 2 N–H and O–H groups in total. The molecule has 15 heteroatoms. The van der Waals surface area contributed by atoms with Gasteiger partial charge in [-0.25, -0.2) is 9.98 Å². The zero-order valence-corrected chi connectivity index (χ0v) is 28.2. The van der Waals surface area contributed by atoms with E-state index in [1.807, 2.05) is 6.07 Å². The van der Waals surface area contributed by atoms with Gasteiger partial charge in [0.05, 0.1) is 39.8 Å². The Kier molecular flexibility index (Phi) is 9.29. The molecule has 0 radical (unpaired) electrons. The predicted molar refractivity (Wildman–Crippen MR) is 185 cm³/mol. The number of para-hydroxylation sites is 1. The number of hydrogen-bond donors (Lipinski definition) is 2. The summed E-state index contributed by atoms with van der Waals surface area (Å²) in [4.78, 5) is 63.7. The number of fused-ring (bicyclic) bond motifs is 1. The normalized spacial score (nSPS) is 14.2. The van der Waals surface area contributed by atoms with E-state index in [9.17, 15) is 24.5 Å². The second-order valence-corrected chi connectivity index (χ2v) is 12.8. The number of benzene rings is 3. The van der Waals surface area contributed by atoms with Crippen LogP contribution in [0.15, 0.2) is 109 Å². The molecule has 1 aliphatic heterocycles. The van der Waals surface area contributed by atoms with Crippen LogP contribution in [0.5, 0.6) is 11.5 Å². The maximum Gasteiger partial charge on any atom is 0.283 e. The fourth-order valence-electron chi connectivity index (χ4n) is 5.38. The van der Waals surface area contributed by atoms with E-state index >= 15 is 0 Å². The third-order valence-electron chi connectivity index (χ3n) is 7.57. The Morgan fingerprint density at radius 2 is 1.84 bits per heavy atom. The van der Waals surface area contributed by atoms with Crippen molar-refractivity contribution < 1.29 is 19.2 Å². The van der Waals surface area contributed by atoms with Gasteiger partial charge in [0, 0.05) is 35.1 Å². The van der Waals surface area contributed by atoms with E-state index in [1.54, 1.807) is 68.5 Å². The Morgan fingerprint density at radius 3 is 2.53 bits per heavy atom. The highest BCUT2D eigenvalue weighted by atomic mass is 32.2. The average Bonchev–Trinajstić information content (AvgIpc) is 3.37. The number of H-pyrrole nitrogens is 1. The SMILES string of the molecule is COc1ccc([C@@H]2C(C(=O)Nc3ccccc3)=C(C)N=c3s/c(=C/c4ccc(Sc5nc(C)cc(=O)[nH]5)c([N+](=O)[O-])c4)c(=O)n32)c(OC)c1. The van der Waals surface area contributed by atoms with Crippen LogP contribution in [0.1, 0.15) is 29.8 Å². The highest BCUT2D eigenvalue weighted by Gasteiger charge is 2.34. The van der Waals surface area contributed by atoms with Crippen molar-refractivity contribution in [2.24, 2.45) is 4.99 Å². The summed E-state index contributed by atoms with van der Waals surface area (Å²) in [6.07, 6.45) is 1.55. The first-order valence-electron chi connectivity index (χ1n) is 14.7. The maximum atomic E-state index is 14.2. The molecule has 248 valence electrons. The fraction of sp³-hybridized carbons (Fsp3) is 0.147. The lowest BCUT2D eigenvalue weighted by Gasteiger charge is -2.26. The Bertz CT molecular complexity index is 2400. The molecule has 13 nitrogen and oxygen atoms in total. The fourth-order valence-corrected chi connectivity index (χ4v) is 7.35. The molecule has 1 atom stereocenters. The summed E-state index contributed by atoms with van der Waals surface area (Å²) in [6.45, 7) is 3.36. The minimum Gasteiger partial charge on any atom is -0.497 e. The van der Waals surface area contributed by atoms with Crippen LogP contribution >= 0.6 is 23.1 Å². The number of nitrogens with zero attached hydrogens (tertiary/aromatic N) is 4. The summed E-state index contributed by atoms with van der Waals surface area (Å²) in [5.41, 5.74) is 1.56. The average molecular weight is 697 g/mol. The number of carbonyl (C=O) groups excluding carboxylic acids is 1. The quantitative estimate of drug-likeness (QED) is 0.129. The lowest BCUT2D eigenvalue weighted by atomic mass is 9.94. The number of ether oxygens (including phenoxy) is 2. The van der Waals surface area contributed by atoms with Gasteiger partial charge in [-0.1, -0.05) is 35.6 Å². The summed E-state index contributed by atoms with van der Waals surface area (Å²) >= 11 is 2.05. The Labute approximate surface area is 286 Å². The van der Waals surface area contributed by atoms with Crippen molar-refractivity contribution in [1.29, 1.82) is 0 Å². The Balaban J connectivity index is 1.47. The molecule has 6 rings (SSSR count). The molecule has 1 aliphatic rings. The standard InChI is InChI=1S/C34H28N6O7S2/c1-18-14-28(41)38-33(35-18)48-26-13-10-20(15-24(26)40(44)45)16-27-32(43)39-30(23-12-11-22(46-3)17-25(23)47-4)29(19(2)36-34(39)49-27)31(42)37-21-8-6-5-7-9-21/h5-17,30H,1-4H3,(H,37,42)(H,35,38,41)/b27-16+/t30-/m1/s1. The number of aromatic nitrogens is 3. The molecule has 3 heterocycles. The van der Waals surface area contributed by atoms with Crippen LogP contribution in [0.2, 0.25) is 0 Å². The summed E-state index contributed by atoms with van der Waals surface area (Å²) < 4.78 is 12.8. The lowest BCUT2D eigenvalue weighted by Crippen LogP contribution is -2.40. The van der Waals surface area contributed by atoms with E-state index < -0.39 is 22.4 Å². The molecule has 0 saturated heterocycles. The summed E-state index contributed by atoms with van der Waals surface area (Å²) in [6, 6.07) is 19.0. The van der Waals surface area contributed by atoms with E-state index in [1.165, 1.54) is 37.0 Å². The zero-order valence-electron chi connectivity index (χ0n) is 26.5. The highest BCUT2D eigenvalue weighted by molar-refractivity contribution is 7.99. The number of carbonyl (C=O) groups is 1. The van der Waals surface area contributed by atoms with Gasteiger partial charge in [0.1, 0.15) is 17.5 Å². The van der Waals surface area contributed by atoms with Gasteiger partial charge in [0.2, 0.25) is 0 Å². The second kappa shape index (κ2) is 13.7. The number of rotatable bonds is 9. The van der Waals surface area contributed by atoms with E-state index in [0.29, 0.717) is 44.5 Å². The first-order chi connectivity index (χ1) is 23.6. The van der Waals surface area contributed by atoms with Crippen LogP contribution < -0.4 is 35.2 Å². The molecule has 0 aliphatic carbocycles. The molecule has 0 bridgehead atoms. The summed E-state index contributed by atoms with van der Waals surface area (Å²) in [5.74, 6) is 0.473. The van der Waals surface area contributed by atoms with Crippen LogP contribution in [-0.4, -0.2) is 39.6 Å². The number of anilines is 1. The smallest absolute Gasteiger partial charge is 0.283 e. The molecule has 5 aromatic rings. The van der Waals surface area contributed by atoms with Crippen LogP contribution in [0, 0.1) is 17.0 Å². The van der Waals surface area contributed by atoms with Crippen molar-refractivity contribution in [1.82, 2.24) is 14.5 Å². The minimum atomic E-state index is -0.930. The van der Waals surface area contributed by atoms with E-state index in [2.05, 4.69) is 20.3 Å². The van der Waals surface area contributed by atoms with E-state index in [-0.39, 0.29) is 31.4 Å². The van der Waals surface area contributed by atoms with Crippen LogP contribution in [-0.2, 0) is 4.79 Å². The Hall–Kier alpha value is -5.80. The molecule has 0 saturated carbocycles. The number of nitrogens with one attached hydrogen (secondary N) is 2. The highest BCUT2D eigenvalue weighted by Crippen LogP contribution is 2.38. The van der Waals surface area contributed by atoms with Gasteiger partial charge in [0.15, 0.2) is 9.96 Å². The van der Waals surface area contributed by atoms with E-state index in [0.717, 1.165) is 23.1 Å². The third kappa shape index (κ3) is 6.79. The van der Waals surface area contributed by atoms with Crippen molar-refractivity contribution in [2.75, 3.05) is 19.5 Å². The molecule has 3 aromatic carbocycles. The van der Waals surface area contributed by atoms with Gasteiger partial charge in [-0.15, -0.1) is 0 Å². The number of nitro benzene ring substituents is 1. The van der Waals surface area contributed by atoms with Gasteiger partial charge in [-0.05, 0) is 67.6 Å². The van der Waals surface area contributed by atoms with Gasteiger partial charge < -0.3 is 19.8 Å². The molecule has 2 aromatic heterocycles. The van der Waals surface area contributed by atoms with Gasteiger partial charge in [0.25, 0.3) is 22.7 Å². The van der Waals surface area contributed by atoms with Crippen molar-refractivity contribution >= 4 is 46.5 Å². The van der Waals surface area contributed by atoms with Crippen molar-refractivity contribution in [3.63, 3.8) is 0 Å². The minimum absolute atomic E-state index is 0.214. The molecular formula is C34H28N6O7S2. The zero-order chi connectivity index (χ0) is 34.8. The molecular weight excluding hydrogens is 669 g/mol. The van der Waals surface area contributed by atoms with Crippen molar-refractivity contribution in [3.05, 3.63) is 141 Å². The van der Waals surface area contributed by atoms with Crippen LogP contribution in [0.4, 0.5) is 11.4 Å². The number of hydrogen-bond acceptors (Lipinski definition) is 11. The number of thiazole rings is 1. The predicted octanol–water partition coefficient (Wildman–Crippen LogP) is 4.34. The van der Waals surface area contributed by atoms with Crippen LogP contribution in [0.25, 0.3) is 6.08 Å². The largest absolute Gasteiger partial charge is 0.497 e. The number of amides is 1. The third-order valence-corrected chi connectivity index (χ3v) is 9.50. The lowest BCUT2D eigenvalue weighted by molar-refractivity contribution is -0.387. The summed E-state index contributed by atoms with van der Waals surface area (Å²) in [5, 5.41) is 15.2. The first kappa shape index (κ1) is 33.1. The van der Waals surface area contributed by atoms with E-state index in [4.69, 9.17) is 9.47 Å². The molecule has 0 spiro atoms. The monoisotopic (exact) mass is 696 g/mol. The maximum absolute atomic E-state index is 14.2. The second-order valence-electron chi connectivity index (χ2n) is 10.8. The number of nitro groups is 1. The molecule has 1 amide bonds. The molecule has 0 fully saturated rings. The summed E-state index contributed by atoms with van der Waals surface area (Å²) in [7, 11) is 3.01. The van der Waals surface area contributed by atoms with Crippen molar-refractivity contribution in [3.8, 4) is 11.5 Å². The van der Waals surface area contributed by atoms with Crippen molar-refractivity contribution in [2.45, 2.75) is 29.9 Å². The van der Waals surface area contributed by atoms with Gasteiger partial charge >= 0.3 is 0 Å². The number of methoxy groups -OCH3 is 2. The number of allylic oxidation sites excluding steroid dienone is 1. The van der Waals surface area contributed by atoms with Crippen LogP contribution in [0.3, 0.4) is 0 Å². The Morgan fingerprint density at radius 1 is 1.06 bits per heavy atom.